The molecule has 0 aromatic carbocycles. The summed E-state index contributed by atoms with van der Waals surface area (Å²) in [7, 11) is 0. The molecule has 0 spiro atoms. The van der Waals surface area contributed by atoms with Crippen molar-refractivity contribution in [3.8, 4) is 0 Å². The Bertz CT molecular complexity index is 300. The molecule has 0 aliphatic carbocycles. The summed E-state index contributed by atoms with van der Waals surface area (Å²) in [6, 6.07) is 4.22. The first-order chi connectivity index (χ1) is 7.70. The highest BCUT2D eigenvalue weighted by Gasteiger charge is 2.28. The number of piperidine rings is 1. The molecule has 3 heteroatoms. The fraction of sp³-hybridized carbons (Fsp3) is 0.692. The van der Waals surface area contributed by atoms with Crippen molar-refractivity contribution in [1.29, 1.82) is 0 Å². The molecular weight excluding hydrogens is 200 g/mol. The largest absolute Gasteiger partial charge is 0.468 e. The molecule has 90 valence electrons. The lowest BCUT2D eigenvalue weighted by Gasteiger charge is -2.38. The minimum absolute atomic E-state index is 0.250. The molecule has 1 aromatic rings. The highest BCUT2D eigenvalue weighted by atomic mass is 16.3. The van der Waals surface area contributed by atoms with Crippen LogP contribution in [-0.2, 0) is 0 Å². The molecule has 1 aliphatic heterocycles. The van der Waals surface area contributed by atoms with Crippen LogP contribution in [0.3, 0.4) is 0 Å². The zero-order valence-electron chi connectivity index (χ0n) is 10.2. The average Bonchev–Trinajstić information content (AvgIpc) is 2.70. The minimum Gasteiger partial charge on any atom is -0.468 e. The second kappa shape index (κ2) is 5.02. The molecule has 0 saturated carbocycles. The second-order valence-electron chi connectivity index (χ2n) is 5.17. The Labute approximate surface area is 97.6 Å². The standard InChI is InChI=1S/C13H22N2O/c1-10-6-11(2)9-15(8-10)12(7-14)13-4-3-5-16-13/h3-5,10-12H,6-9,14H2,1-2H3/t10-,11+,12?. The number of nitrogens with two attached hydrogens (primary N) is 1. The summed E-state index contributed by atoms with van der Waals surface area (Å²) in [5.74, 6) is 2.52. The van der Waals surface area contributed by atoms with Crippen molar-refractivity contribution < 1.29 is 4.42 Å². The Morgan fingerprint density at radius 3 is 2.62 bits per heavy atom. The summed E-state index contributed by atoms with van der Waals surface area (Å²) in [5, 5.41) is 0. The topological polar surface area (TPSA) is 42.4 Å². The SMILES string of the molecule is C[C@@H]1C[C@H](C)CN(C(CN)c2ccco2)C1. The molecule has 3 atom stereocenters. The first-order valence-electron chi connectivity index (χ1n) is 6.18. The zero-order valence-corrected chi connectivity index (χ0v) is 10.2. The average molecular weight is 222 g/mol. The smallest absolute Gasteiger partial charge is 0.122 e. The second-order valence-corrected chi connectivity index (χ2v) is 5.17. The maximum atomic E-state index is 5.88. The number of furan rings is 1. The molecule has 0 bridgehead atoms. The van der Waals surface area contributed by atoms with Crippen molar-refractivity contribution in [2.75, 3.05) is 19.6 Å². The lowest BCUT2D eigenvalue weighted by atomic mass is 9.90. The third-order valence-electron chi connectivity index (χ3n) is 3.43. The molecule has 1 aliphatic rings. The van der Waals surface area contributed by atoms with Gasteiger partial charge in [-0.1, -0.05) is 13.8 Å². The van der Waals surface area contributed by atoms with Gasteiger partial charge in [-0.15, -0.1) is 0 Å². The van der Waals surface area contributed by atoms with E-state index in [-0.39, 0.29) is 6.04 Å². The quantitative estimate of drug-likeness (QED) is 0.853. The van der Waals surface area contributed by atoms with E-state index in [1.807, 2.05) is 12.1 Å². The molecule has 0 amide bonds. The Morgan fingerprint density at radius 1 is 1.44 bits per heavy atom. The lowest BCUT2D eigenvalue weighted by Crippen LogP contribution is -2.43. The highest BCUT2D eigenvalue weighted by Crippen LogP contribution is 2.28. The third-order valence-corrected chi connectivity index (χ3v) is 3.43. The number of nitrogens with zero attached hydrogens (tertiary/aromatic N) is 1. The van der Waals surface area contributed by atoms with Crippen LogP contribution in [-0.4, -0.2) is 24.5 Å². The van der Waals surface area contributed by atoms with Gasteiger partial charge in [0, 0.05) is 19.6 Å². The normalized spacial score (nSPS) is 29.2. The van der Waals surface area contributed by atoms with Gasteiger partial charge in [-0.3, -0.25) is 4.90 Å². The monoisotopic (exact) mass is 222 g/mol. The maximum absolute atomic E-state index is 5.88. The first-order valence-corrected chi connectivity index (χ1v) is 6.18. The molecule has 3 nitrogen and oxygen atoms in total. The van der Waals surface area contributed by atoms with E-state index in [9.17, 15) is 0 Å². The van der Waals surface area contributed by atoms with Crippen molar-refractivity contribution >= 4 is 0 Å². The zero-order chi connectivity index (χ0) is 11.5. The summed E-state index contributed by atoms with van der Waals surface area (Å²) in [6.45, 7) is 7.53. The molecule has 16 heavy (non-hydrogen) atoms. The Hall–Kier alpha value is -0.800. The van der Waals surface area contributed by atoms with Crippen LogP contribution in [0.4, 0.5) is 0 Å². The van der Waals surface area contributed by atoms with Gasteiger partial charge in [0.1, 0.15) is 5.76 Å². The van der Waals surface area contributed by atoms with Crippen LogP contribution in [0.15, 0.2) is 22.8 Å². The van der Waals surface area contributed by atoms with Gasteiger partial charge in [-0.05, 0) is 30.4 Å². The van der Waals surface area contributed by atoms with Crippen LogP contribution >= 0.6 is 0 Å². The van der Waals surface area contributed by atoms with Crippen LogP contribution in [0, 0.1) is 11.8 Å². The molecule has 2 heterocycles. The molecule has 1 aromatic heterocycles. The minimum atomic E-state index is 0.250. The first kappa shape index (κ1) is 11.7. The van der Waals surface area contributed by atoms with Gasteiger partial charge >= 0.3 is 0 Å². The summed E-state index contributed by atoms with van der Waals surface area (Å²) >= 11 is 0. The van der Waals surface area contributed by atoms with E-state index in [4.69, 9.17) is 10.2 Å². The molecule has 1 saturated heterocycles. The third kappa shape index (κ3) is 2.47. The fourth-order valence-electron chi connectivity index (χ4n) is 2.89. The molecule has 0 radical (unpaired) electrons. The predicted octanol–water partition coefficient (Wildman–Crippen LogP) is 2.26. The number of rotatable bonds is 3. The van der Waals surface area contributed by atoms with E-state index in [1.54, 1.807) is 6.26 Å². The van der Waals surface area contributed by atoms with E-state index in [2.05, 4.69) is 18.7 Å². The van der Waals surface area contributed by atoms with Crippen LogP contribution in [0.1, 0.15) is 32.1 Å². The Morgan fingerprint density at radius 2 is 2.12 bits per heavy atom. The van der Waals surface area contributed by atoms with Crippen LogP contribution in [0.25, 0.3) is 0 Å². The van der Waals surface area contributed by atoms with Gasteiger partial charge in [0.2, 0.25) is 0 Å². The molecule has 2 rings (SSSR count). The van der Waals surface area contributed by atoms with Crippen molar-refractivity contribution in [1.82, 2.24) is 4.90 Å². The van der Waals surface area contributed by atoms with E-state index in [0.717, 1.165) is 30.7 Å². The highest BCUT2D eigenvalue weighted by molar-refractivity contribution is 5.06. The molecular formula is C13H22N2O. The van der Waals surface area contributed by atoms with Gasteiger partial charge in [0.15, 0.2) is 0 Å². The van der Waals surface area contributed by atoms with Crippen molar-refractivity contribution in [3.05, 3.63) is 24.2 Å². The summed E-state index contributed by atoms with van der Waals surface area (Å²) in [5.41, 5.74) is 5.88. The molecule has 2 N–H and O–H groups in total. The molecule has 1 fully saturated rings. The van der Waals surface area contributed by atoms with Crippen LogP contribution in [0.5, 0.6) is 0 Å². The Balaban J connectivity index is 2.09. The van der Waals surface area contributed by atoms with Gasteiger partial charge in [0.25, 0.3) is 0 Å². The molecule has 1 unspecified atom stereocenters. The predicted molar refractivity (Wildman–Crippen MR) is 65.0 cm³/mol. The van der Waals surface area contributed by atoms with Gasteiger partial charge in [0.05, 0.1) is 12.3 Å². The summed E-state index contributed by atoms with van der Waals surface area (Å²) in [4.78, 5) is 2.47. The van der Waals surface area contributed by atoms with E-state index in [0.29, 0.717) is 6.54 Å². The van der Waals surface area contributed by atoms with Gasteiger partial charge in [-0.25, -0.2) is 0 Å². The van der Waals surface area contributed by atoms with Crippen LogP contribution < -0.4 is 5.73 Å². The Kier molecular flexibility index (Phi) is 3.66. The summed E-state index contributed by atoms with van der Waals surface area (Å²) in [6.07, 6.45) is 3.06. The van der Waals surface area contributed by atoms with Crippen molar-refractivity contribution in [3.63, 3.8) is 0 Å². The number of hydrogen-bond donors (Lipinski definition) is 1. The van der Waals surface area contributed by atoms with E-state index >= 15 is 0 Å². The van der Waals surface area contributed by atoms with Crippen LogP contribution in [0.2, 0.25) is 0 Å². The number of likely N-dealkylation sites (tertiary alicyclic amines) is 1. The van der Waals surface area contributed by atoms with E-state index < -0.39 is 0 Å². The summed E-state index contributed by atoms with van der Waals surface area (Å²) < 4.78 is 5.49. The van der Waals surface area contributed by atoms with E-state index in [1.165, 1.54) is 6.42 Å². The van der Waals surface area contributed by atoms with Crippen molar-refractivity contribution in [2.24, 2.45) is 17.6 Å². The lowest BCUT2D eigenvalue weighted by molar-refractivity contribution is 0.0879. The fourth-order valence-corrected chi connectivity index (χ4v) is 2.89. The van der Waals surface area contributed by atoms with Crippen molar-refractivity contribution in [2.45, 2.75) is 26.3 Å². The van der Waals surface area contributed by atoms with Gasteiger partial charge in [-0.2, -0.15) is 0 Å². The maximum Gasteiger partial charge on any atom is 0.122 e. The van der Waals surface area contributed by atoms with Gasteiger partial charge < -0.3 is 10.2 Å². The number of hydrogen-bond acceptors (Lipinski definition) is 3.